The van der Waals surface area contributed by atoms with E-state index in [2.05, 4.69) is 22.7 Å². The highest BCUT2D eigenvalue weighted by atomic mass is 32.1. The van der Waals surface area contributed by atoms with Crippen molar-refractivity contribution in [3.05, 3.63) is 40.2 Å². The van der Waals surface area contributed by atoms with Crippen LogP contribution in [0, 0.1) is 0 Å². The summed E-state index contributed by atoms with van der Waals surface area (Å²) in [6, 6.07) is 4.97. The average molecular weight is 277 g/mol. The van der Waals surface area contributed by atoms with Crippen molar-refractivity contribution in [3.63, 3.8) is 0 Å². The second-order valence-electron chi connectivity index (χ2n) is 3.62. The Balaban J connectivity index is 2.43. The molecule has 0 aliphatic heterocycles. The van der Waals surface area contributed by atoms with Gasteiger partial charge in [-0.05, 0) is 24.4 Å². The van der Waals surface area contributed by atoms with Crippen molar-refractivity contribution in [3.8, 4) is 5.75 Å². The van der Waals surface area contributed by atoms with E-state index in [0.717, 1.165) is 0 Å². The second-order valence-corrected chi connectivity index (χ2v) is 4.06. The molecule has 0 unspecified atom stereocenters. The zero-order valence-corrected chi connectivity index (χ0v) is 10.9. The fourth-order valence-electron chi connectivity index (χ4n) is 1.51. The standard InChI is InChI=1S/C12H11N3O3S/c1-17-8-2-3-9-10(4-8)18-6-7(11(9)16)5-14-15-12(13)19/h2-6H,1H3,(H3,13,15,19). The number of nitrogens with one attached hydrogen (secondary N) is 1. The van der Waals surface area contributed by atoms with Crippen molar-refractivity contribution >= 4 is 34.5 Å². The maximum absolute atomic E-state index is 12.1. The first-order chi connectivity index (χ1) is 9.11. The number of fused-ring (bicyclic) bond motifs is 1. The van der Waals surface area contributed by atoms with Crippen LogP contribution >= 0.6 is 12.2 Å². The lowest BCUT2D eigenvalue weighted by Gasteiger charge is -2.02. The van der Waals surface area contributed by atoms with Crippen molar-refractivity contribution in [1.29, 1.82) is 0 Å². The Labute approximate surface area is 113 Å². The zero-order chi connectivity index (χ0) is 13.8. The van der Waals surface area contributed by atoms with E-state index in [4.69, 9.17) is 14.9 Å². The molecule has 0 spiro atoms. The number of benzene rings is 1. The van der Waals surface area contributed by atoms with Gasteiger partial charge in [-0.3, -0.25) is 10.2 Å². The third-order valence-electron chi connectivity index (χ3n) is 2.39. The molecule has 1 aromatic carbocycles. The minimum absolute atomic E-state index is 0.0196. The van der Waals surface area contributed by atoms with Crippen molar-refractivity contribution in [2.45, 2.75) is 0 Å². The van der Waals surface area contributed by atoms with Crippen molar-refractivity contribution in [2.24, 2.45) is 10.8 Å². The summed E-state index contributed by atoms with van der Waals surface area (Å²) >= 11 is 4.59. The molecule has 0 amide bonds. The highest BCUT2D eigenvalue weighted by molar-refractivity contribution is 7.80. The Hall–Kier alpha value is -2.41. The molecule has 0 aliphatic carbocycles. The Morgan fingerprint density at radius 1 is 1.58 bits per heavy atom. The first-order valence-corrected chi connectivity index (χ1v) is 5.70. The number of thiocarbonyl (C=S) groups is 1. The van der Waals surface area contributed by atoms with Crippen molar-refractivity contribution < 1.29 is 9.15 Å². The lowest BCUT2D eigenvalue weighted by atomic mass is 10.2. The highest BCUT2D eigenvalue weighted by Crippen LogP contribution is 2.18. The Morgan fingerprint density at radius 2 is 2.37 bits per heavy atom. The summed E-state index contributed by atoms with van der Waals surface area (Å²) in [6.07, 6.45) is 2.61. The van der Waals surface area contributed by atoms with Gasteiger partial charge in [0.25, 0.3) is 0 Å². The zero-order valence-electron chi connectivity index (χ0n) is 10.0. The van der Waals surface area contributed by atoms with E-state index in [1.54, 1.807) is 25.3 Å². The highest BCUT2D eigenvalue weighted by Gasteiger charge is 2.06. The number of hydrogen-bond acceptors (Lipinski definition) is 5. The molecule has 1 aromatic heterocycles. The Bertz CT molecular complexity index is 709. The minimum atomic E-state index is -0.197. The number of hydrazone groups is 1. The van der Waals surface area contributed by atoms with Crippen LogP contribution in [0.5, 0.6) is 5.75 Å². The molecule has 7 heteroatoms. The van der Waals surface area contributed by atoms with E-state index in [1.807, 2.05) is 0 Å². The molecule has 1 heterocycles. The first-order valence-electron chi connectivity index (χ1n) is 5.30. The van der Waals surface area contributed by atoms with Gasteiger partial charge in [-0.1, -0.05) is 0 Å². The van der Waals surface area contributed by atoms with Crippen LogP contribution in [0.4, 0.5) is 0 Å². The minimum Gasteiger partial charge on any atom is -0.497 e. The van der Waals surface area contributed by atoms with Crippen LogP contribution in [0.15, 0.2) is 38.8 Å². The molecule has 98 valence electrons. The molecule has 0 bridgehead atoms. The molecule has 0 saturated carbocycles. The average Bonchev–Trinajstić information content (AvgIpc) is 2.40. The predicted octanol–water partition coefficient (Wildman–Crippen LogP) is 0.969. The van der Waals surface area contributed by atoms with Gasteiger partial charge < -0.3 is 14.9 Å². The maximum Gasteiger partial charge on any atom is 0.201 e. The normalized spacial score (nSPS) is 10.8. The van der Waals surface area contributed by atoms with Gasteiger partial charge in [-0.2, -0.15) is 5.10 Å². The summed E-state index contributed by atoms with van der Waals surface area (Å²) in [4.78, 5) is 12.1. The van der Waals surface area contributed by atoms with Crippen LogP contribution < -0.4 is 21.3 Å². The molecule has 0 saturated heterocycles. The summed E-state index contributed by atoms with van der Waals surface area (Å²) < 4.78 is 10.4. The van der Waals surface area contributed by atoms with Crippen LogP contribution in [0.25, 0.3) is 11.0 Å². The molecule has 0 fully saturated rings. The van der Waals surface area contributed by atoms with Crippen LogP contribution in [0.3, 0.4) is 0 Å². The smallest absolute Gasteiger partial charge is 0.201 e. The van der Waals surface area contributed by atoms with E-state index < -0.39 is 0 Å². The van der Waals surface area contributed by atoms with E-state index >= 15 is 0 Å². The number of ether oxygens (including phenoxy) is 1. The lowest BCUT2D eigenvalue weighted by Crippen LogP contribution is -2.24. The molecule has 0 atom stereocenters. The van der Waals surface area contributed by atoms with Gasteiger partial charge in [0, 0.05) is 6.07 Å². The van der Waals surface area contributed by atoms with E-state index in [9.17, 15) is 4.79 Å². The number of methoxy groups -OCH3 is 1. The SMILES string of the molecule is COc1ccc2c(=O)c(C=NNC(N)=S)coc2c1. The Kier molecular flexibility index (Phi) is 3.76. The van der Waals surface area contributed by atoms with Gasteiger partial charge in [0.15, 0.2) is 5.11 Å². The quantitative estimate of drug-likeness (QED) is 0.493. The number of nitrogens with zero attached hydrogens (tertiary/aromatic N) is 1. The van der Waals surface area contributed by atoms with E-state index in [0.29, 0.717) is 22.3 Å². The first kappa shape index (κ1) is 13.0. The van der Waals surface area contributed by atoms with E-state index in [1.165, 1.54) is 12.5 Å². The molecule has 0 aliphatic rings. The topological polar surface area (TPSA) is 89.8 Å². The van der Waals surface area contributed by atoms with Gasteiger partial charge in [0.2, 0.25) is 5.43 Å². The summed E-state index contributed by atoms with van der Waals surface area (Å²) in [5.41, 5.74) is 8.12. The molecule has 2 aromatic rings. The predicted molar refractivity (Wildman–Crippen MR) is 76.6 cm³/mol. The maximum atomic E-state index is 12.1. The second kappa shape index (κ2) is 5.49. The monoisotopic (exact) mass is 277 g/mol. The van der Waals surface area contributed by atoms with Crippen LogP contribution in [0.2, 0.25) is 0 Å². The van der Waals surface area contributed by atoms with Crippen LogP contribution in [-0.4, -0.2) is 18.4 Å². The number of nitrogens with two attached hydrogens (primary N) is 1. The number of rotatable bonds is 3. The molecule has 2 rings (SSSR count). The largest absolute Gasteiger partial charge is 0.497 e. The lowest BCUT2D eigenvalue weighted by molar-refractivity contribution is 0.414. The van der Waals surface area contributed by atoms with Crippen LogP contribution in [0.1, 0.15) is 5.56 Å². The fraction of sp³-hybridized carbons (Fsp3) is 0.0833. The molecular formula is C12H11N3O3S. The summed E-state index contributed by atoms with van der Waals surface area (Å²) in [5, 5.41) is 4.18. The van der Waals surface area contributed by atoms with Gasteiger partial charge >= 0.3 is 0 Å². The van der Waals surface area contributed by atoms with Gasteiger partial charge in [-0.25, -0.2) is 0 Å². The number of hydrogen-bond donors (Lipinski definition) is 2. The van der Waals surface area contributed by atoms with Gasteiger partial charge in [-0.15, -0.1) is 0 Å². The molecule has 0 radical (unpaired) electrons. The third-order valence-corrected chi connectivity index (χ3v) is 2.48. The van der Waals surface area contributed by atoms with Gasteiger partial charge in [0.1, 0.15) is 17.6 Å². The summed E-state index contributed by atoms with van der Waals surface area (Å²) in [7, 11) is 1.54. The molecule has 3 N–H and O–H groups in total. The molecule has 6 nitrogen and oxygen atoms in total. The third kappa shape index (κ3) is 2.89. The molecular weight excluding hydrogens is 266 g/mol. The summed E-state index contributed by atoms with van der Waals surface area (Å²) in [6.45, 7) is 0. The van der Waals surface area contributed by atoms with E-state index in [-0.39, 0.29) is 10.5 Å². The van der Waals surface area contributed by atoms with Gasteiger partial charge in [0.05, 0.1) is 24.3 Å². The van der Waals surface area contributed by atoms with Crippen molar-refractivity contribution in [1.82, 2.24) is 5.43 Å². The Morgan fingerprint density at radius 3 is 3.05 bits per heavy atom. The fourth-order valence-corrected chi connectivity index (χ4v) is 1.56. The molecule has 19 heavy (non-hydrogen) atoms. The summed E-state index contributed by atoms with van der Waals surface area (Å²) in [5.74, 6) is 0.618. The van der Waals surface area contributed by atoms with Crippen molar-refractivity contribution in [2.75, 3.05) is 7.11 Å². The van der Waals surface area contributed by atoms with Crippen LogP contribution in [-0.2, 0) is 0 Å².